The van der Waals surface area contributed by atoms with E-state index in [1.807, 2.05) is 58.9 Å². The Bertz CT molecular complexity index is 1030. The number of halogens is 1. The molecule has 0 aliphatic rings. The number of ether oxygens (including phenoxy) is 1. The third kappa shape index (κ3) is 2.39. The zero-order valence-corrected chi connectivity index (χ0v) is 14.9. The Balaban J connectivity index is 1.86. The summed E-state index contributed by atoms with van der Waals surface area (Å²) in [6, 6.07) is 12.1. The third-order valence-corrected chi connectivity index (χ3v) is 4.60. The van der Waals surface area contributed by atoms with Crippen LogP contribution in [0.15, 0.2) is 59.7 Å². The second-order valence-corrected chi connectivity index (χ2v) is 6.35. The summed E-state index contributed by atoms with van der Waals surface area (Å²) in [4.78, 5) is 8.77. The molecule has 4 aromatic rings. The van der Waals surface area contributed by atoms with Gasteiger partial charge in [-0.2, -0.15) is 0 Å². The molecule has 2 heterocycles. The molecule has 0 radical (unpaired) electrons. The molecule has 0 unspecified atom stereocenters. The van der Waals surface area contributed by atoms with Crippen molar-refractivity contribution in [3.63, 3.8) is 0 Å². The first-order valence-corrected chi connectivity index (χ1v) is 8.27. The van der Waals surface area contributed by atoms with Crippen LogP contribution in [0.25, 0.3) is 22.4 Å². The number of benzene rings is 2. The molecule has 2 aromatic carbocycles. The van der Waals surface area contributed by atoms with Crippen molar-refractivity contribution in [2.24, 2.45) is 0 Å². The highest BCUT2D eigenvalue weighted by molar-refractivity contribution is 9.10. The van der Waals surface area contributed by atoms with Crippen LogP contribution in [-0.2, 0) is 0 Å². The van der Waals surface area contributed by atoms with Gasteiger partial charge in [0.25, 0.3) is 0 Å². The van der Waals surface area contributed by atoms with Crippen LogP contribution >= 0.6 is 15.9 Å². The predicted molar refractivity (Wildman–Crippen MR) is 97.2 cm³/mol. The molecule has 0 bridgehead atoms. The Morgan fingerprint density at radius 3 is 2.71 bits per heavy atom. The third-order valence-electron chi connectivity index (χ3n) is 3.96. The fraction of sp³-hybridized carbons (Fsp3) is 0.111. The first-order valence-electron chi connectivity index (χ1n) is 7.48. The van der Waals surface area contributed by atoms with Gasteiger partial charge in [0.05, 0.1) is 36.0 Å². The number of methoxy groups -OCH3 is 1. The van der Waals surface area contributed by atoms with Crippen molar-refractivity contribution in [2.75, 3.05) is 7.11 Å². The second-order valence-electron chi connectivity index (χ2n) is 5.50. The number of imidazole rings is 2. The number of para-hydroxylation sites is 1. The smallest absolute Gasteiger partial charge is 0.144 e. The number of fused-ring (bicyclic) bond motifs is 1. The number of hydrogen-bond acceptors (Lipinski definition) is 3. The molecule has 120 valence electrons. The summed E-state index contributed by atoms with van der Waals surface area (Å²) in [7, 11) is 1.68. The maximum Gasteiger partial charge on any atom is 0.144 e. The van der Waals surface area contributed by atoms with Crippen molar-refractivity contribution in [3.8, 4) is 17.1 Å². The highest BCUT2D eigenvalue weighted by Crippen LogP contribution is 2.29. The van der Waals surface area contributed by atoms with Gasteiger partial charge in [0.15, 0.2) is 0 Å². The van der Waals surface area contributed by atoms with Gasteiger partial charge in [-0.05, 0) is 47.1 Å². The van der Waals surface area contributed by atoms with Crippen molar-refractivity contribution < 1.29 is 4.74 Å². The van der Waals surface area contributed by atoms with Crippen molar-refractivity contribution in [1.82, 2.24) is 19.1 Å². The van der Waals surface area contributed by atoms with Gasteiger partial charge in [-0.15, -0.1) is 0 Å². The van der Waals surface area contributed by atoms with Crippen molar-refractivity contribution in [1.29, 1.82) is 0 Å². The molecule has 6 heteroatoms. The summed E-state index contributed by atoms with van der Waals surface area (Å²) in [6.45, 7) is 1.97. The highest BCUT2D eigenvalue weighted by atomic mass is 79.9. The Morgan fingerprint density at radius 2 is 1.96 bits per heavy atom. The van der Waals surface area contributed by atoms with E-state index in [0.717, 1.165) is 38.3 Å². The van der Waals surface area contributed by atoms with E-state index in [-0.39, 0.29) is 0 Å². The lowest BCUT2D eigenvalue weighted by Crippen LogP contribution is -1.99. The van der Waals surface area contributed by atoms with E-state index in [9.17, 15) is 0 Å². The van der Waals surface area contributed by atoms with Crippen LogP contribution in [0.4, 0.5) is 0 Å². The number of rotatable bonds is 3. The summed E-state index contributed by atoms with van der Waals surface area (Å²) >= 11 is 3.54. The number of nitrogens with zero attached hydrogens (tertiary/aromatic N) is 4. The molecular formula is C18H15BrN4O. The molecular weight excluding hydrogens is 368 g/mol. The molecule has 0 saturated carbocycles. The average molecular weight is 383 g/mol. The minimum Gasteiger partial charge on any atom is -0.494 e. The van der Waals surface area contributed by atoms with E-state index in [1.165, 1.54) is 0 Å². The minimum atomic E-state index is 0.779. The largest absolute Gasteiger partial charge is 0.494 e. The van der Waals surface area contributed by atoms with E-state index in [2.05, 4.69) is 32.0 Å². The number of aromatic nitrogens is 4. The van der Waals surface area contributed by atoms with Crippen LogP contribution in [0, 0.1) is 6.92 Å². The Morgan fingerprint density at radius 1 is 1.08 bits per heavy atom. The first-order chi connectivity index (χ1) is 11.7. The molecule has 2 aromatic heterocycles. The maximum absolute atomic E-state index is 5.59. The second kappa shape index (κ2) is 5.79. The van der Waals surface area contributed by atoms with E-state index in [4.69, 9.17) is 4.74 Å². The van der Waals surface area contributed by atoms with Crippen LogP contribution in [0.1, 0.15) is 5.69 Å². The van der Waals surface area contributed by atoms with E-state index >= 15 is 0 Å². The Hall–Kier alpha value is -2.60. The molecule has 0 atom stereocenters. The molecule has 5 nitrogen and oxygen atoms in total. The molecule has 0 aliphatic carbocycles. The van der Waals surface area contributed by atoms with Gasteiger partial charge in [0, 0.05) is 16.7 Å². The van der Waals surface area contributed by atoms with Gasteiger partial charge in [0.2, 0.25) is 0 Å². The summed E-state index contributed by atoms with van der Waals surface area (Å²) in [6.07, 6.45) is 5.59. The molecule has 0 aliphatic heterocycles. The van der Waals surface area contributed by atoms with Crippen molar-refractivity contribution in [3.05, 3.63) is 65.4 Å². The lowest BCUT2D eigenvalue weighted by atomic mass is 10.2. The fourth-order valence-corrected chi connectivity index (χ4v) is 3.25. The Kier molecular flexibility index (Phi) is 3.61. The zero-order valence-electron chi connectivity index (χ0n) is 13.3. The van der Waals surface area contributed by atoms with Crippen molar-refractivity contribution in [2.45, 2.75) is 6.92 Å². The molecule has 0 spiro atoms. The zero-order chi connectivity index (χ0) is 16.7. The van der Waals surface area contributed by atoms with Gasteiger partial charge in [-0.25, -0.2) is 9.97 Å². The molecule has 0 N–H and O–H groups in total. The fourth-order valence-electron chi connectivity index (χ4n) is 2.79. The Labute approximate surface area is 147 Å². The maximum atomic E-state index is 5.59. The van der Waals surface area contributed by atoms with Crippen LogP contribution in [0.2, 0.25) is 0 Å². The van der Waals surface area contributed by atoms with Crippen LogP contribution in [-0.4, -0.2) is 26.2 Å². The minimum absolute atomic E-state index is 0.779. The predicted octanol–water partition coefficient (Wildman–Crippen LogP) is 4.29. The summed E-state index contributed by atoms with van der Waals surface area (Å²) in [5.41, 5.74) is 4.88. The molecule has 24 heavy (non-hydrogen) atoms. The molecule has 0 amide bonds. The molecule has 0 fully saturated rings. The van der Waals surface area contributed by atoms with E-state index in [0.29, 0.717) is 0 Å². The highest BCUT2D eigenvalue weighted by Gasteiger charge is 2.11. The topological polar surface area (TPSA) is 44.9 Å². The van der Waals surface area contributed by atoms with Crippen LogP contribution in [0.5, 0.6) is 5.75 Å². The van der Waals surface area contributed by atoms with Gasteiger partial charge < -0.3 is 9.30 Å². The van der Waals surface area contributed by atoms with E-state index < -0.39 is 0 Å². The first kappa shape index (κ1) is 15.0. The monoisotopic (exact) mass is 382 g/mol. The number of aryl methyl sites for hydroxylation is 1. The standard InChI is InChI=1S/C18H15BrN4O/c1-12-9-22(10-20-12)15-7-6-13(8-17(15)24-2)23-11-21-18-14(19)4-3-5-16(18)23/h3-11H,1-2H3. The molecule has 0 saturated heterocycles. The summed E-state index contributed by atoms with van der Waals surface area (Å²) < 4.78 is 10.6. The normalized spacial score (nSPS) is 11.1. The molecule has 4 rings (SSSR count). The quantitative estimate of drug-likeness (QED) is 0.530. The van der Waals surface area contributed by atoms with Gasteiger partial charge in [0.1, 0.15) is 17.6 Å². The van der Waals surface area contributed by atoms with Gasteiger partial charge in [-0.1, -0.05) is 6.07 Å². The summed E-state index contributed by atoms with van der Waals surface area (Å²) in [5.74, 6) is 0.779. The summed E-state index contributed by atoms with van der Waals surface area (Å²) in [5, 5.41) is 0. The van der Waals surface area contributed by atoms with Crippen LogP contribution in [0.3, 0.4) is 0 Å². The van der Waals surface area contributed by atoms with Gasteiger partial charge in [-0.3, -0.25) is 4.57 Å². The van der Waals surface area contributed by atoms with Crippen molar-refractivity contribution >= 4 is 27.0 Å². The van der Waals surface area contributed by atoms with Crippen LogP contribution < -0.4 is 4.74 Å². The lowest BCUT2D eigenvalue weighted by molar-refractivity contribution is 0.412. The average Bonchev–Trinajstić information content (AvgIpc) is 3.21. The number of hydrogen-bond donors (Lipinski definition) is 0. The van der Waals surface area contributed by atoms with Gasteiger partial charge >= 0.3 is 0 Å². The lowest BCUT2D eigenvalue weighted by Gasteiger charge is -2.12. The SMILES string of the molecule is COc1cc(-n2cnc3c(Br)cccc32)ccc1-n1cnc(C)c1. The van der Waals surface area contributed by atoms with E-state index in [1.54, 1.807) is 13.4 Å².